The lowest BCUT2D eigenvalue weighted by Crippen LogP contribution is -2.38. The molecular formula is C26H22N6O2S. The quantitative estimate of drug-likeness (QED) is 0.446. The summed E-state index contributed by atoms with van der Waals surface area (Å²) >= 11 is 1.55. The number of aryl methyl sites for hydroxylation is 1. The van der Waals surface area contributed by atoms with E-state index in [9.17, 15) is 10.1 Å². The van der Waals surface area contributed by atoms with Gasteiger partial charge in [0.2, 0.25) is 0 Å². The van der Waals surface area contributed by atoms with E-state index in [2.05, 4.69) is 32.2 Å². The second kappa shape index (κ2) is 8.25. The van der Waals surface area contributed by atoms with Crippen molar-refractivity contribution >= 4 is 34.0 Å². The fraction of sp³-hybridized carbons (Fsp3) is 0.231. The Morgan fingerprint density at radius 1 is 1.29 bits per heavy atom. The summed E-state index contributed by atoms with van der Waals surface area (Å²) in [6, 6.07) is 14.2. The van der Waals surface area contributed by atoms with Crippen molar-refractivity contribution in [2.45, 2.75) is 38.6 Å². The molecule has 1 aliphatic carbocycles. The second-order valence-corrected chi connectivity index (χ2v) is 9.77. The minimum absolute atomic E-state index is 0.0530. The van der Waals surface area contributed by atoms with Gasteiger partial charge >= 0.3 is 0 Å². The number of hydrogen-bond donors (Lipinski definition) is 1. The Bertz CT molecular complexity index is 1580. The predicted octanol–water partition coefficient (Wildman–Crippen LogP) is 4.75. The van der Waals surface area contributed by atoms with Gasteiger partial charge in [0.15, 0.2) is 11.6 Å². The zero-order valence-electron chi connectivity index (χ0n) is 19.1. The maximum absolute atomic E-state index is 13.3. The van der Waals surface area contributed by atoms with Crippen LogP contribution in [0.4, 0.5) is 5.82 Å². The summed E-state index contributed by atoms with van der Waals surface area (Å²) in [5.74, 6) is 0.997. The highest BCUT2D eigenvalue weighted by Gasteiger charge is 2.41. The van der Waals surface area contributed by atoms with Gasteiger partial charge in [-0.25, -0.2) is 4.98 Å². The highest BCUT2D eigenvalue weighted by atomic mass is 32.1. The Morgan fingerprint density at radius 2 is 2.14 bits per heavy atom. The average Bonchev–Trinajstić information content (AvgIpc) is 3.59. The first-order valence-corrected chi connectivity index (χ1v) is 12.3. The molecule has 2 N–H and O–H groups in total. The van der Waals surface area contributed by atoms with Gasteiger partial charge in [-0.15, -0.1) is 11.3 Å². The Labute approximate surface area is 205 Å². The molecule has 4 heterocycles. The molecule has 174 valence electrons. The van der Waals surface area contributed by atoms with E-state index in [0.717, 1.165) is 33.6 Å². The average molecular weight is 483 g/mol. The number of aromatic nitrogens is 3. The Morgan fingerprint density at radius 3 is 2.94 bits per heavy atom. The van der Waals surface area contributed by atoms with Crippen LogP contribution < -0.4 is 10.6 Å². The van der Waals surface area contributed by atoms with E-state index in [1.807, 2.05) is 30.6 Å². The number of rotatable bonds is 4. The predicted molar refractivity (Wildman–Crippen MR) is 132 cm³/mol. The number of para-hydroxylation sites is 2. The molecule has 6 rings (SSSR count). The minimum Gasteiger partial charge on any atom is -0.384 e. The number of carbonyl (C=O) groups is 1. The molecule has 1 atom stereocenters. The van der Waals surface area contributed by atoms with E-state index < -0.39 is 5.92 Å². The third-order valence-corrected chi connectivity index (χ3v) is 7.64. The molecule has 35 heavy (non-hydrogen) atoms. The SMILES string of the molecule is Cc1cc(N2C(N)=C(C#N)[C@H](c3cc(Cn4cnc5ccccc54)cs3)C3=C2CCCC3=O)no1. The van der Waals surface area contributed by atoms with Gasteiger partial charge in [-0.05, 0) is 48.9 Å². The molecule has 0 saturated carbocycles. The topological polar surface area (TPSA) is 114 Å². The first-order chi connectivity index (χ1) is 17.0. The first-order valence-electron chi connectivity index (χ1n) is 11.4. The maximum atomic E-state index is 13.3. The lowest BCUT2D eigenvalue weighted by molar-refractivity contribution is -0.116. The van der Waals surface area contributed by atoms with E-state index in [4.69, 9.17) is 10.3 Å². The van der Waals surface area contributed by atoms with E-state index in [1.54, 1.807) is 29.2 Å². The number of thiophene rings is 1. The van der Waals surface area contributed by atoms with E-state index >= 15 is 0 Å². The number of hydrogen-bond acceptors (Lipinski definition) is 8. The molecular weight excluding hydrogens is 460 g/mol. The van der Waals surface area contributed by atoms with Crippen LogP contribution >= 0.6 is 11.3 Å². The zero-order chi connectivity index (χ0) is 24.1. The Kier molecular flexibility index (Phi) is 5.04. The molecule has 0 saturated heterocycles. The van der Waals surface area contributed by atoms with Crippen molar-refractivity contribution < 1.29 is 9.32 Å². The number of benzene rings is 1. The summed E-state index contributed by atoms with van der Waals surface area (Å²) in [7, 11) is 0. The van der Waals surface area contributed by atoms with E-state index in [0.29, 0.717) is 47.9 Å². The molecule has 1 aliphatic heterocycles. The standard InChI is InChI=1S/C26H22N6O2S/c1-15-9-23(30-34-15)32-20-7-4-8-21(33)25(20)24(17(11-27)26(32)28)22-10-16(13-35-22)12-31-14-29-18-5-2-3-6-19(18)31/h2-3,5-6,9-10,13-14,24H,4,7-8,12,28H2,1H3/t24-/m1/s1. The molecule has 0 radical (unpaired) electrons. The summed E-state index contributed by atoms with van der Waals surface area (Å²) in [6.07, 6.45) is 3.71. The summed E-state index contributed by atoms with van der Waals surface area (Å²) in [5, 5.41) is 16.4. The number of allylic oxidation sites excluding steroid dienone is 3. The highest BCUT2D eigenvalue weighted by Crippen LogP contribution is 2.47. The summed E-state index contributed by atoms with van der Waals surface area (Å²) in [5.41, 5.74) is 11.5. The molecule has 0 bridgehead atoms. The Balaban J connectivity index is 1.43. The van der Waals surface area contributed by atoms with Gasteiger partial charge in [-0.2, -0.15) is 5.26 Å². The highest BCUT2D eigenvalue weighted by molar-refractivity contribution is 7.10. The van der Waals surface area contributed by atoms with Crippen LogP contribution in [0.5, 0.6) is 0 Å². The third-order valence-electron chi connectivity index (χ3n) is 6.60. The number of Topliss-reactive ketones (excluding diaryl/α,β-unsaturated/α-hetero) is 1. The second-order valence-electron chi connectivity index (χ2n) is 8.83. The number of anilines is 1. The number of fused-ring (bicyclic) bond motifs is 1. The number of ketones is 1. The van der Waals surface area contributed by atoms with Crippen LogP contribution in [-0.4, -0.2) is 20.5 Å². The van der Waals surface area contributed by atoms with Crippen LogP contribution in [0.25, 0.3) is 11.0 Å². The van der Waals surface area contributed by atoms with Crippen molar-refractivity contribution in [1.29, 1.82) is 5.26 Å². The smallest absolute Gasteiger partial charge is 0.182 e. The van der Waals surface area contributed by atoms with Crippen LogP contribution in [-0.2, 0) is 11.3 Å². The number of imidazole rings is 1. The first kappa shape index (κ1) is 21.4. The number of nitrogens with two attached hydrogens (primary N) is 1. The molecule has 0 spiro atoms. The molecule has 0 fully saturated rings. The number of nitrogens with zero attached hydrogens (tertiary/aromatic N) is 5. The molecule has 8 nitrogen and oxygen atoms in total. The monoisotopic (exact) mass is 482 g/mol. The van der Waals surface area contributed by atoms with Crippen LogP contribution in [0.2, 0.25) is 0 Å². The van der Waals surface area contributed by atoms with Gasteiger partial charge in [-0.3, -0.25) is 9.69 Å². The van der Waals surface area contributed by atoms with Crippen molar-refractivity contribution in [2.75, 3.05) is 4.90 Å². The molecule has 4 aromatic rings. The van der Waals surface area contributed by atoms with Gasteiger partial charge in [0.05, 0.1) is 34.9 Å². The summed E-state index contributed by atoms with van der Waals surface area (Å²) in [4.78, 5) is 20.4. The van der Waals surface area contributed by atoms with Gasteiger partial charge < -0.3 is 14.8 Å². The van der Waals surface area contributed by atoms with E-state index in [1.165, 1.54) is 0 Å². The maximum Gasteiger partial charge on any atom is 0.182 e. The normalized spacial score (nSPS) is 18.3. The largest absolute Gasteiger partial charge is 0.384 e. The summed E-state index contributed by atoms with van der Waals surface area (Å²) in [6.45, 7) is 2.45. The molecule has 1 aromatic carbocycles. The fourth-order valence-corrected chi connectivity index (χ4v) is 6.07. The summed E-state index contributed by atoms with van der Waals surface area (Å²) < 4.78 is 7.37. The van der Waals surface area contributed by atoms with Crippen LogP contribution in [0.15, 0.2) is 75.3 Å². The van der Waals surface area contributed by atoms with Crippen LogP contribution in [0.1, 0.15) is 41.4 Å². The van der Waals surface area contributed by atoms with Crippen molar-refractivity contribution in [1.82, 2.24) is 14.7 Å². The lowest BCUT2D eigenvalue weighted by Gasteiger charge is -2.37. The van der Waals surface area contributed by atoms with Crippen molar-refractivity contribution in [3.05, 3.63) is 87.0 Å². The number of carbonyl (C=O) groups excluding carboxylic acids is 1. The van der Waals surface area contributed by atoms with Crippen LogP contribution in [0.3, 0.4) is 0 Å². The van der Waals surface area contributed by atoms with Crippen LogP contribution in [0, 0.1) is 18.3 Å². The van der Waals surface area contributed by atoms with Gasteiger partial charge in [-0.1, -0.05) is 17.3 Å². The Hall–Kier alpha value is -4.16. The van der Waals surface area contributed by atoms with Gasteiger partial charge in [0, 0.05) is 35.2 Å². The van der Waals surface area contributed by atoms with Gasteiger partial charge in [0.1, 0.15) is 11.6 Å². The molecule has 9 heteroatoms. The lowest BCUT2D eigenvalue weighted by atomic mass is 9.78. The van der Waals surface area contributed by atoms with Crippen molar-refractivity contribution in [2.24, 2.45) is 5.73 Å². The zero-order valence-corrected chi connectivity index (χ0v) is 19.9. The van der Waals surface area contributed by atoms with Crippen molar-refractivity contribution in [3.63, 3.8) is 0 Å². The van der Waals surface area contributed by atoms with Gasteiger partial charge in [0.25, 0.3) is 0 Å². The fourth-order valence-electron chi connectivity index (χ4n) is 5.05. The molecule has 0 unspecified atom stereocenters. The number of nitriles is 1. The molecule has 3 aromatic heterocycles. The minimum atomic E-state index is -0.481. The molecule has 2 aliphatic rings. The van der Waals surface area contributed by atoms with E-state index in [-0.39, 0.29) is 5.78 Å². The third kappa shape index (κ3) is 3.45. The molecule has 0 amide bonds. The van der Waals surface area contributed by atoms with Crippen molar-refractivity contribution in [3.8, 4) is 6.07 Å².